The standard InChI is InChI=1S/C31H37NO2S/c33-26-14-17-28-30(22-26)34-23-29(24-10-4-3-5-11-24)31(28)25-12-15-27(16-13-25)35-21-9-2-1-6-18-32-19-7-8-20-32/h3-5,10-17,22,29,31,33H,1-2,6-9,18-21,23H2. The van der Waals surface area contributed by atoms with E-state index in [1.165, 1.54) is 79.9 Å². The van der Waals surface area contributed by atoms with Gasteiger partial charge in [-0.1, -0.05) is 61.4 Å². The van der Waals surface area contributed by atoms with Crippen LogP contribution in [0.2, 0.25) is 0 Å². The largest absolute Gasteiger partial charge is 0.508 e. The molecule has 5 rings (SSSR count). The maximum absolute atomic E-state index is 9.98. The topological polar surface area (TPSA) is 32.7 Å². The highest BCUT2D eigenvalue weighted by molar-refractivity contribution is 7.99. The van der Waals surface area contributed by atoms with E-state index in [1.807, 2.05) is 17.8 Å². The zero-order valence-electron chi connectivity index (χ0n) is 20.6. The van der Waals surface area contributed by atoms with E-state index in [2.05, 4.69) is 59.5 Å². The second-order valence-corrected chi connectivity index (χ2v) is 11.1. The Morgan fingerprint density at radius 3 is 2.40 bits per heavy atom. The number of phenolic OH excluding ortho intramolecular Hbond substituents is 1. The smallest absolute Gasteiger partial charge is 0.126 e. The molecule has 3 nitrogen and oxygen atoms in total. The van der Waals surface area contributed by atoms with Gasteiger partial charge in [0.15, 0.2) is 0 Å². The molecule has 2 atom stereocenters. The number of fused-ring (bicyclic) bond motifs is 1. The highest BCUT2D eigenvalue weighted by atomic mass is 32.2. The molecule has 0 spiro atoms. The predicted molar refractivity (Wildman–Crippen MR) is 146 cm³/mol. The molecular weight excluding hydrogens is 450 g/mol. The van der Waals surface area contributed by atoms with Crippen molar-refractivity contribution in [1.82, 2.24) is 4.90 Å². The van der Waals surface area contributed by atoms with E-state index < -0.39 is 0 Å². The molecule has 1 N–H and O–H groups in total. The minimum atomic E-state index is 0.205. The molecular formula is C31H37NO2S. The Labute approximate surface area is 214 Å². The molecule has 1 fully saturated rings. The van der Waals surface area contributed by atoms with Crippen molar-refractivity contribution < 1.29 is 9.84 Å². The maximum Gasteiger partial charge on any atom is 0.126 e. The number of thioether (sulfide) groups is 1. The van der Waals surface area contributed by atoms with Crippen LogP contribution in [0.5, 0.6) is 11.5 Å². The fourth-order valence-corrected chi connectivity index (χ4v) is 6.47. The Kier molecular flexibility index (Phi) is 8.33. The van der Waals surface area contributed by atoms with E-state index in [-0.39, 0.29) is 17.6 Å². The van der Waals surface area contributed by atoms with Crippen molar-refractivity contribution in [3.63, 3.8) is 0 Å². The first kappa shape index (κ1) is 24.3. The molecule has 3 aromatic rings. The van der Waals surface area contributed by atoms with Gasteiger partial charge in [0.25, 0.3) is 0 Å². The van der Waals surface area contributed by atoms with Crippen LogP contribution in [0.1, 0.15) is 67.1 Å². The molecule has 0 radical (unpaired) electrons. The Balaban J connectivity index is 1.19. The van der Waals surface area contributed by atoms with Gasteiger partial charge in [-0.3, -0.25) is 0 Å². The van der Waals surface area contributed by atoms with Crippen molar-refractivity contribution in [3.05, 3.63) is 89.5 Å². The van der Waals surface area contributed by atoms with Crippen LogP contribution in [-0.4, -0.2) is 42.0 Å². The normalized spacial score (nSPS) is 19.9. The Morgan fingerprint density at radius 1 is 0.829 bits per heavy atom. The number of phenols is 1. The maximum atomic E-state index is 9.98. The van der Waals surface area contributed by atoms with Crippen LogP contribution in [-0.2, 0) is 0 Å². The molecule has 2 aliphatic heterocycles. The third-order valence-electron chi connectivity index (χ3n) is 7.46. The highest BCUT2D eigenvalue weighted by Crippen LogP contribution is 2.47. The van der Waals surface area contributed by atoms with Crippen molar-refractivity contribution in [1.29, 1.82) is 0 Å². The summed E-state index contributed by atoms with van der Waals surface area (Å²) < 4.78 is 6.10. The van der Waals surface area contributed by atoms with Crippen LogP contribution in [0, 0.1) is 0 Å². The first-order chi connectivity index (χ1) is 17.3. The molecule has 0 saturated carbocycles. The molecule has 184 valence electrons. The summed E-state index contributed by atoms with van der Waals surface area (Å²) in [5.41, 5.74) is 3.75. The number of hydrogen-bond donors (Lipinski definition) is 1. The van der Waals surface area contributed by atoms with Crippen molar-refractivity contribution in [2.45, 2.75) is 55.3 Å². The van der Waals surface area contributed by atoms with E-state index in [1.54, 1.807) is 12.1 Å². The number of benzene rings is 3. The van der Waals surface area contributed by atoms with Crippen molar-refractivity contribution in [2.75, 3.05) is 32.0 Å². The van der Waals surface area contributed by atoms with E-state index in [0.29, 0.717) is 6.61 Å². The van der Waals surface area contributed by atoms with Gasteiger partial charge in [-0.05, 0) is 80.4 Å². The Morgan fingerprint density at radius 2 is 1.60 bits per heavy atom. The Bertz CT molecular complexity index is 1060. The number of ether oxygens (including phenoxy) is 1. The lowest BCUT2D eigenvalue weighted by Crippen LogP contribution is -2.25. The van der Waals surface area contributed by atoms with Gasteiger partial charge in [-0.15, -0.1) is 11.8 Å². The fourth-order valence-electron chi connectivity index (χ4n) is 5.56. The lowest BCUT2D eigenvalue weighted by molar-refractivity contribution is 0.248. The lowest BCUT2D eigenvalue weighted by Gasteiger charge is -2.34. The molecule has 0 bridgehead atoms. The summed E-state index contributed by atoms with van der Waals surface area (Å²) in [7, 11) is 0. The third-order valence-corrected chi connectivity index (χ3v) is 8.55. The quantitative estimate of drug-likeness (QED) is 0.238. The van der Waals surface area contributed by atoms with Crippen LogP contribution in [0.3, 0.4) is 0 Å². The molecule has 35 heavy (non-hydrogen) atoms. The highest BCUT2D eigenvalue weighted by Gasteiger charge is 2.33. The molecule has 1 saturated heterocycles. The summed E-state index contributed by atoms with van der Waals surface area (Å²) in [5.74, 6) is 2.69. The number of unbranched alkanes of at least 4 members (excludes halogenated alkanes) is 3. The minimum absolute atomic E-state index is 0.205. The molecule has 0 aliphatic carbocycles. The summed E-state index contributed by atoms with van der Waals surface area (Å²) in [6, 6.07) is 25.4. The predicted octanol–water partition coefficient (Wildman–Crippen LogP) is 7.45. The zero-order chi connectivity index (χ0) is 23.9. The number of rotatable bonds is 10. The summed E-state index contributed by atoms with van der Waals surface area (Å²) in [5, 5.41) is 9.98. The average Bonchev–Trinajstić information content (AvgIpc) is 3.42. The lowest BCUT2D eigenvalue weighted by atomic mass is 9.76. The first-order valence-corrected chi connectivity index (χ1v) is 14.2. The average molecular weight is 488 g/mol. The number of hydrogen-bond acceptors (Lipinski definition) is 4. The SMILES string of the molecule is Oc1ccc2c(c1)OCC(c1ccccc1)C2c1ccc(SCCCCCCN2CCCC2)cc1. The summed E-state index contributed by atoms with van der Waals surface area (Å²) in [4.78, 5) is 3.97. The molecule has 0 aromatic heterocycles. The van der Waals surface area contributed by atoms with Crippen molar-refractivity contribution in [3.8, 4) is 11.5 Å². The molecule has 2 heterocycles. The van der Waals surface area contributed by atoms with Crippen LogP contribution in [0.4, 0.5) is 0 Å². The summed E-state index contributed by atoms with van der Waals surface area (Å²) >= 11 is 1.98. The van der Waals surface area contributed by atoms with Crippen molar-refractivity contribution >= 4 is 11.8 Å². The molecule has 3 aromatic carbocycles. The van der Waals surface area contributed by atoms with Gasteiger partial charge in [-0.25, -0.2) is 0 Å². The monoisotopic (exact) mass is 487 g/mol. The zero-order valence-corrected chi connectivity index (χ0v) is 21.4. The number of likely N-dealkylation sites (tertiary alicyclic amines) is 1. The second kappa shape index (κ2) is 12.0. The van der Waals surface area contributed by atoms with Crippen LogP contribution < -0.4 is 4.74 Å². The fraction of sp³-hybridized carbons (Fsp3) is 0.419. The van der Waals surface area contributed by atoms with Crippen LogP contribution in [0.25, 0.3) is 0 Å². The van der Waals surface area contributed by atoms with Crippen LogP contribution in [0.15, 0.2) is 77.7 Å². The minimum Gasteiger partial charge on any atom is -0.508 e. The van der Waals surface area contributed by atoms with E-state index in [9.17, 15) is 5.11 Å². The number of nitrogens with zero attached hydrogens (tertiary/aromatic N) is 1. The van der Waals surface area contributed by atoms with Gasteiger partial charge < -0.3 is 14.7 Å². The third kappa shape index (κ3) is 6.23. The van der Waals surface area contributed by atoms with E-state index in [4.69, 9.17) is 4.74 Å². The Hall–Kier alpha value is -2.43. The van der Waals surface area contributed by atoms with E-state index >= 15 is 0 Å². The summed E-state index contributed by atoms with van der Waals surface area (Å²) in [6.07, 6.45) is 8.13. The van der Waals surface area contributed by atoms with Gasteiger partial charge in [-0.2, -0.15) is 0 Å². The molecule has 4 heteroatoms. The molecule has 2 unspecified atom stereocenters. The van der Waals surface area contributed by atoms with Gasteiger partial charge in [0.2, 0.25) is 0 Å². The van der Waals surface area contributed by atoms with Crippen LogP contribution >= 0.6 is 11.8 Å². The van der Waals surface area contributed by atoms with Gasteiger partial charge in [0, 0.05) is 28.4 Å². The van der Waals surface area contributed by atoms with E-state index in [0.717, 1.165) is 11.3 Å². The summed E-state index contributed by atoms with van der Waals surface area (Å²) in [6.45, 7) is 4.55. The first-order valence-electron chi connectivity index (χ1n) is 13.2. The van der Waals surface area contributed by atoms with Gasteiger partial charge in [0.1, 0.15) is 11.5 Å². The molecule has 0 amide bonds. The number of aromatic hydroxyl groups is 1. The van der Waals surface area contributed by atoms with Gasteiger partial charge in [0.05, 0.1) is 6.61 Å². The second-order valence-electron chi connectivity index (χ2n) is 9.91. The van der Waals surface area contributed by atoms with Crippen molar-refractivity contribution in [2.24, 2.45) is 0 Å². The molecule has 2 aliphatic rings. The van der Waals surface area contributed by atoms with Gasteiger partial charge >= 0.3 is 0 Å².